The molecule has 2 N–H and O–H groups in total. The number of piperidine rings is 1. The van der Waals surface area contributed by atoms with Crippen LogP contribution in [0.25, 0.3) is 0 Å². The van der Waals surface area contributed by atoms with Crippen LogP contribution in [-0.2, 0) is 15.6 Å². The SMILES string of the molecule is CC=Nc1c(C)cccc1S(=O)(=O)Nc1ccc(C(=O)N2CCC(O)(c3cccc(OC(F)(F)F)c3)CC2)cc1. The summed E-state index contributed by atoms with van der Waals surface area (Å²) < 4.78 is 70.3. The molecule has 0 unspecified atom stereocenters. The van der Waals surface area contributed by atoms with Crippen LogP contribution in [0.15, 0.2) is 76.6 Å². The van der Waals surface area contributed by atoms with Crippen molar-refractivity contribution in [3.63, 3.8) is 0 Å². The van der Waals surface area contributed by atoms with Crippen LogP contribution < -0.4 is 9.46 Å². The number of aliphatic imine (C=N–C) groups is 1. The summed E-state index contributed by atoms with van der Waals surface area (Å²) in [6.45, 7) is 3.80. The molecule has 1 aliphatic rings. The zero-order valence-electron chi connectivity index (χ0n) is 21.8. The lowest BCUT2D eigenvalue weighted by molar-refractivity contribution is -0.274. The number of benzene rings is 3. The van der Waals surface area contributed by atoms with E-state index in [4.69, 9.17) is 0 Å². The minimum Gasteiger partial charge on any atom is -0.406 e. The molecule has 0 atom stereocenters. The fourth-order valence-corrected chi connectivity index (χ4v) is 5.85. The number of alkyl halides is 3. The smallest absolute Gasteiger partial charge is 0.406 e. The van der Waals surface area contributed by atoms with Crippen LogP contribution in [0, 0.1) is 6.92 Å². The molecule has 1 heterocycles. The van der Waals surface area contributed by atoms with E-state index >= 15 is 0 Å². The summed E-state index contributed by atoms with van der Waals surface area (Å²) >= 11 is 0. The molecular formula is C28H28F3N3O5S. The number of rotatable bonds is 7. The number of para-hydroxylation sites is 1. The molecular weight excluding hydrogens is 547 g/mol. The van der Waals surface area contributed by atoms with Crippen LogP contribution >= 0.6 is 0 Å². The molecule has 1 fully saturated rings. The van der Waals surface area contributed by atoms with Crippen molar-refractivity contribution in [1.82, 2.24) is 4.90 Å². The second-order valence-corrected chi connectivity index (χ2v) is 11.0. The normalized spacial score (nSPS) is 15.7. The summed E-state index contributed by atoms with van der Waals surface area (Å²) in [4.78, 5) is 18.8. The van der Waals surface area contributed by atoms with E-state index in [9.17, 15) is 31.5 Å². The Morgan fingerprint density at radius 3 is 2.35 bits per heavy atom. The highest BCUT2D eigenvalue weighted by atomic mass is 32.2. The van der Waals surface area contributed by atoms with Gasteiger partial charge in [-0.1, -0.05) is 24.3 Å². The molecule has 1 aliphatic heterocycles. The standard InChI is InChI=1S/C28H28F3N3O5S/c1-3-32-25-19(2)6-4-9-24(25)40(37,38)33-22-12-10-20(11-13-22)26(35)34-16-14-27(36,15-17-34)21-7-5-8-23(18-21)39-28(29,30)31/h3-13,18,33,36H,14-17H2,1-2H3. The maximum Gasteiger partial charge on any atom is 0.573 e. The van der Waals surface area contributed by atoms with Crippen molar-refractivity contribution in [2.24, 2.45) is 4.99 Å². The number of halogens is 3. The Morgan fingerprint density at radius 2 is 1.73 bits per heavy atom. The number of hydrogen-bond donors (Lipinski definition) is 2. The molecule has 0 bridgehead atoms. The summed E-state index contributed by atoms with van der Waals surface area (Å²) in [6.07, 6.45) is -3.10. The molecule has 0 radical (unpaired) electrons. The number of anilines is 1. The fraction of sp³-hybridized carbons (Fsp3) is 0.286. The predicted octanol–water partition coefficient (Wildman–Crippen LogP) is 5.54. The van der Waals surface area contributed by atoms with Crippen molar-refractivity contribution < 1.29 is 36.2 Å². The molecule has 1 amide bonds. The third-order valence-electron chi connectivity index (χ3n) is 6.62. The van der Waals surface area contributed by atoms with E-state index in [2.05, 4.69) is 14.5 Å². The number of likely N-dealkylation sites (tertiary alicyclic amines) is 1. The Labute approximate surface area is 230 Å². The van der Waals surface area contributed by atoms with Crippen molar-refractivity contribution in [1.29, 1.82) is 0 Å². The first kappa shape index (κ1) is 29.1. The Hall–Kier alpha value is -3.90. The number of ether oxygens (including phenoxy) is 1. The van der Waals surface area contributed by atoms with E-state index in [1.54, 1.807) is 26.0 Å². The summed E-state index contributed by atoms with van der Waals surface area (Å²) in [5, 5.41) is 11.1. The van der Waals surface area contributed by atoms with E-state index in [1.807, 2.05) is 0 Å². The van der Waals surface area contributed by atoms with Crippen LogP contribution in [0.2, 0.25) is 0 Å². The topological polar surface area (TPSA) is 108 Å². The molecule has 4 rings (SSSR count). The maximum atomic E-state index is 13.1. The Morgan fingerprint density at radius 1 is 1.07 bits per heavy atom. The zero-order valence-corrected chi connectivity index (χ0v) is 22.6. The molecule has 40 heavy (non-hydrogen) atoms. The lowest BCUT2D eigenvalue weighted by atomic mass is 9.84. The summed E-state index contributed by atoms with van der Waals surface area (Å²) in [5.74, 6) is -0.742. The number of aryl methyl sites for hydroxylation is 1. The highest BCUT2D eigenvalue weighted by Crippen LogP contribution is 2.36. The average molecular weight is 576 g/mol. The number of nitrogens with one attached hydrogen (secondary N) is 1. The van der Waals surface area contributed by atoms with Gasteiger partial charge in [-0.25, -0.2) is 8.42 Å². The number of amides is 1. The molecule has 8 nitrogen and oxygen atoms in total. The number of carbonyl (C=O) groups excluding carboxylic acids is 1. The number of nitrogens with zero attached hydrogens (tertiary/aromatic N) is 2. The molecule has 1 saturated heterocycles. The summed E-state index contributed by atoms with van der Waals surface area (Å²) in [5.41, 5.74) is 0.491. The minimum absolute atomic E-state index is 0.0297. The quantitative estimate of drug-likeness (QED) is 0.360. The van der Waals surface area contributed by atoms with Gasteiger partial charge in [-0.2, -0.15) is 0 Å². The Kier molecular flexibility index (Phi) is 8.22. The van der Waals surface area contributed by atoms with Gasteiger partial charge in [-0.3, -0.25) is 14.5 Å². The third-order valence-corrected chi connectivity index (χ3v) is 8.03. The van der Waals surface area contributed by atoms with Crippen LogP contribution in [0.5, 0.6) is 5.75 Å². The first-order chi connectivity index (χ1) is 18.8. The van der Waals surface area contributed by atoms with Gasteiger partial charge < -0.3 is 14.7 Å². The van der Waals surface area contributed by atoms with Gasteiger partial charge in [0.1, 0.15) is 10.6 Å². The first-order valence-electron chi connectivity index (χ1n) is 12.4. The molecule has 0 aliphatic carbocycles. The van der Waals surface area contributed by atoms with Crippen molar-refractivity contribution in [2.45, 2.75) is 43.5 Å². The van der Waals surface area contributed by atoms with Crippen LogP contribution in [0.4, 0.5) is 24.5 Å². The second kappa shape index (κ2) is 11.3. The van der Waals surface area contributed by atoms with E-state index in [0.717, 1.165) is 12.1 Å². The van der Waals surface area contributed by atoms with Gasteiger partial charge in [0.25, 0.3) is 15.9 Å². The largest absolute Gasteiger partial charge is 0.573 e. The number of hydrogen-bond acceptors (Lipinski definition) is 6. The summed E-state index contributed by atoms with van der Waals surface area (Å²) in [6, 6.07) is 16.0. The Balaban J connectivity index is 1.42. The number of carbonyl (C=O) groups is 1. The molecule has 0 spiro atoms. The lowest BCUT2D eigenvalue weighted by Gasteiger charge is -2.38. The van der Waals surface area contributed by atoms with E-state index in [0.29, 0.717) is 16.8 Å². The van der Waals surface area contributed by atoms with Gasteiger partial charge in [-0.15, -0.1) is 13.2 Å². The second-order valence-electron chi connectivity index (χ2n) is 9.39. The highest BCUT2D eigenvalue weighted by Gasteiger charge is 2.37. The van der Waals surface area contributed by atoms with Crippen LogP contribution in [-0.4, -0.2) is 50.0 Å². The van der Waals surface area contributed by atoms with Gasteiger partial charge in [0.2, 0.25) is 0 Å². The molecule has 3 aromatic rings. The number of sulfonamides is 1. The third kappa shape index (κ3) is 6.62. The zero-order chi connectivity index (χ0) is 29.1. The van der Waals surface area contributed by atoms with Crippen LogP contribution in [0.3, 0.4) is 0 Å². The first-order valence-corrected chi connectivity index (χ1v) is 13.9. The fourth-order valence-electron chi connectivity index (χ4n) is 4.57. The summed E-state index contributed by atoms with van der Waals surface area (Å²) in [7, 11) is -3.95. The molecule has 0 saturated carbocycles. The Bertz CT molecular complexity index is 1510. The maximum absolute atomic E-state index is 13.1. The monoisotopic (exact) mass is 575 g/mol. The average Bonchev–Trinajstić information content (AvgIpc) is 2.89. The van der Waals surface area contributed by atoms with Crippen molar-refractivity contribution in [3.8, 4) is 5.75 Å². The van der Waals surface area contributed by atoms with Crippen LogP contribution in [0.1, 0.15) is 41.3 Å². The van der Waals surface area contributed by atoms with Crippen molar-refractivity contribution >= 4 is 33.5 Å². The number of aliphatic hydroxyl groups is 1. The minimum atomic E-state index is -4.85. The lowest BCUT2D eigenvalue weighted by Crippen LogP contribution is -2.45. The van der Waals surface area contributed by atoms with Crippen molar-refractivity contribution in [3.05, 3.63) is 83.4 Å². The highest BCUT2D eigenvalue weighted by molar-refractivity contribution is 7.92. The van der Waals surface area contributed by atoms with Gasteiger partial charge >= 0.3 is 6.36 Å². The van der Waals surface area contributed by atoms with Crippen molar-refractivity contribution in [2.75, 3.05) is 17.8 Å². The van der Waals surface area contributed by atoms with E-state index < -0.39 is 27.7 Å². The van der Waals surface area contributed by atoms with Gasteiger partial charge in [0.05, 0.1) is 11.3 Å². The van der Waals surface area contributed by atoms with Gasteiger partial charge in [0.15, 0.2) is 0 Å². The molecule has 3 aromatic carbocycles. The van der Waals surface area contributed by atoms with Gasteiger partial charge in [0, 0.05) is 30.6 Å². The van der Waals surface area contributed by atoms with E-state index in [1.165, 1.54) is 53.6 Å². The molecule has 0 aromatic heterocycles. The molecule has 212 valence electrons. The van der Waals surface area contributed by atoms with Gasteiger partial charge in [-0.05, 0) is 80.3 Å². The van der Waals surface area contributed by atoms with E-state index in [-0.39, 0.29) is 48.0 Å². The molecule has 12 heteroatoms. The predicted molar refractivity (Wildman–Crippen MR) is 144 cm³/mol.